The molecule has 0 spiro atoms. The van der Waals surface area contributed by atoms with Gasteiger partial charge in [-0.3, -0.25) is 0 Å². The number of hydrogen-bond acceptors (Lipinski definition) is 4. The maximum absolute atomic E-state index is 5.86. The summed E-state index contributed by atoms with van der Waals surface area (Å²) in [6.45, 7) is 0.532. The highest BCUT2D eigenvalue weighted by atomic mass is 32.1. The number of nitrogens with zero attached hydrogens (tertiary/aromatic N) is 1. The summed E-state index contributed by atoms with van der Waals surface area (Å²) in [5.41, 5.74) is 3.26. The number of ether oxygens (including phenoxy) is 2. The molecule has 0 aliphatic carbocycles. The van der Waals surface area contributed by atoms with Crippen molar-refractivity contribution in [3.63, 3.8) is 0 Å². The van der Waals surface area contributed by atoms with E-state index in [9.17, 15) is 0 Å². The van der Waals surface area contributed by atoms with E-state index >= 15 is 0 Å². The number of para-hydroxylation sites is 1. The molecule has 1 heterocycles. The van der Waals surface area contributed by atoms with Crippen LogP contribution in [0, 0.1) is 0 Å². The van der Waals surface area contributed by atoms with E-state index in [1.54, 1.807) is 18.4 Å². The fraction of sp³-hybridized carbons (Fsp3) is 0.0952. The van der Waals surface area contributed by atoms with E-state index in [1.165, 1.54) is 4.70 Å². The van der Waals surface area contributed by atoms with E-state index in [0.29, 0.717) is 6.61 Å². The molecule has 25 heavy (non-hydrogen) atoms. The van der Waals surface area contributed by atoms with Crippen LogP contribution >= 0.6 is 11.3 Å². The molecule has 3 nitrogen and oxygen atoms in total. The molecule has 0 unspecified atom stereocenters. The lowest BCUT2D eigenvalue weighted by Gasteiger charge is -2.07. The van der Waals surface area contributed by atoms with Crippen LogP contribution in [-0.4, -0.2) is 12.1 Å². The Labute approximate surface area is 150 Å². The van der Waals surface area contributed by atoms with Gasteiger partial charge < -0.3 is 9.47 Å². The Morgan fingerprint density at radius 1 is 0.840 bits per heavy atom. The zero-order chi connectivity index (χ0) is 17.1. The summed E-state index contributed by atoms with van der Waals surface area (Å²) >= 11 is 1.71. The zero-order valence-electron chi connectivity index (χ0n) is 13.8. The van der Waals surface area contributed by atoms with Crippen molar-refractivity contribution in [3.05, 3.63) is 78.4 Å². The normalized spacial score (nSPS) is 10.8. The van der Waals surface area contributed by atoms with Crippen molar-refractivity contribution < 1.29 is 9.47 Å². The lowest BCUT2D eigenvalue weighted by Crippen LogP contribution is -1.95. The zero-order valence-corrected chi connectivity index (χ0v) is 14.6. The molecular weight excluding hydrogens is 330 g/mol. The van der Waals surface area contributed by atoms with Crippen LogP contribution in [-0.2, 0) is 6.61 Å². The molecule has 0 atom stereocenters. The maximum Gasteiger partial charge on any atom is 0.124 e. The average molecular weight is 347 g/mol. The predicted molar refractivity (Wildman–Crippen MR) is 102 cm³/mol. The summed E-state index contributed by atoms with van der Waals surface area (Å²) in [5, 5.41) is 1.03. The van der Waals surface area contributed by atoms with E-state index < -0.39 is 0 Å². The van der Waals surface area contributed by atoms with Gasteiger partial charge in [0.25, 0.3) is 0 Å². The molecule has 0 saturated heterocycles. The Kier molecular flexibility index (Phi) is 4.36. The number of methoxy groups -OCH3 is 1. The van der Waals surface area contributed by atoms with Crippen LogP contribution in [0.5, 0.6) is 11.5 Å². The van der Waals surface area contributed by atoms with Gasteiger partial charge in [0.05, 0.1) is 17.3 Å². The maximum atomic E-state index is 5.86. The van der Waals surface area contributed by atoms with Crippen LogP contribution in [0.3, 0.4) is 0 Å². The molecule has 1 aromatic heterocycles. The van der Waals surface area contributed by atoms with Gasteiger partial charge in [0, 0.05) is 5.56 Å². The van der Waals surface area contributed by atoms with Crippen molar-refractivity contribution in [2.75, 3.05) is 7.11 Å². The first kappa shape index (κ1) is 15.7. The largest absolute Gasteiger partial charge is 0.497 e. The molecule has 4 rings (SSSR count). The number of thiazole rings is 1. The highest BCUT2D eigenvalue weighted by Crippen LogP contribution is 2.31. The monoisotopic (exact) mass is 347 g/mol. The van der Waals surface area contributed by atoms with Crippen molar-refractivity contribution in [1.82, 2.24) is 4.98 Å². The molecule has 0 radical (unpaired) electrons. The van der Waals surface area contributed by atoms with Gasteiger partial charge in [0.15, 0.2) is 0 Å². The molecule has 0 saturated carbocycles. The topological polar surface area (TPSA) is 31.4 Å². The number of rotatable bonds is 5. The highest BCUT2D eigenvalue weighted by Gasteiger charge is 2.06. The van der Waals surface area contributed by atoms with Crippen LogP contribution in [0.15, 0.2) is 72.8 Å². The summed E-state index contributed by atoms with van der Waals surface area (Å²) in [4.78, 5) is 4.69. The second kappa shape index (κ2) is 6.95. The van der Waals surface area contributed by atoms with Crippen molar-refractivity contribution in [2.45, 2.75) is 6.61 Å². The van der Waals surface area contributed by atoms with E-state index in [4.69, 9.17) is 9.47 Å². The van der Waals surface area contributed by atoms with Crippen molar-refractivity contribution >= 4 is 21.6 Å². The summed E-state index contributed by atoms with van der Waals surface area (Å²) in [6.07, 6.45) is 0. The standard InChI is InChI=1S/C21H17NO2S/c1-23-17-10-6-15(7-11-17)14-24-18-12-8-16(9-13-18)21-22-19-4-2-3-5-20(19)25-21/h2-13H,14H2,1H3. The third kappa shape index (κ3) is 3.49. The van der Waals surface area contributed by atoms with Gasteiger partial charge in [0.1, 0.15) is 23.1 Å². The van der Waals surface area contributed by atoms with Gasteiger partial charge in [-0.05, 0) is 54.1 Å². The van der Waals surface area contributed by atoms with Crippen LogP contribution in [0.2, 0.25) is 0 Å². The number of aromatic nitrogens is 1. The Morgan fingerprint density at radius 2 is 1.56 bits per heavy atom. The quantitative estimate of drug-likeness (QED) is 0.474. The van der Waals surface area contributed by atoms with Gasteiger partial charge in [-0.1, -0.05) is 24.3 Å². The van der Waals surface area contributed by atoms with E-state index in [-0.39, 0.29) is 0 Å². The summed E-state index contributed by atoms with van der Waals surface area (Å²) in [6, 6.07) is 24.2. The molecule has 4 aromatic rings. The summed E-state index contributed by atoms with van der Waals surface area (Å²) in [5.74, 6) is 1.70. The second-order valence-electron chi connectivity index (χ2n) is 5.65. The smallest absolute Gasteiger partial charge is 0.124 e. The first-order chi connectivity index (χ1) is 12.3. The van der Waals surface area contributed by atoms with Crippen LogP contribution < -0.4 is 9.47 Å². The Bertz CT molecular complexity index is 942. The van der Waals surface area contributed by atoms with Gasteiger partial charge >= 0.3 is 0 Å². The summed E-state index contributed by atoms with van der Waals surface area (Å²) in [7, 11) is 1.67. The first-order valence-electron chi connectivity index (χ1n) is 8.03. The Morgan fingerprint density at radius 3 is 2.28 bits per heavy atom. The lowest BCUT2D eigenvalue weighted by molar-refractivity contribution is 0.306. The minimum Gasteiger partial charge on any atom is -0.497 e. The molecule has 3 aromatic carbocycles. The number of hydrogen-bond donors (Lipinski definition) is 0. The number of benzene rings is 3. The predicted octanol–water partition coefficient (Wildman–Crippen LogP) is 5.55. The second-order valence-corrected chi connectivity index (χ2v) is 6.68. The number of fused-ring (bicyclic) bond motifs is 1. The Balaban J connectivity index is 1.45. The van der Waals surface area contributed by atoms with E-state index in [0.717, 1.165) is 33.2 Å². The van der Waals surface area contributed by atoms with Crippen LogP contribution in [0.4, 0.5) is 0 Å². The SMILES string of the molecule is COc1ccc(COc2ccc(-c3nc4ccccc4s3)cc2)cc1. The molecule has 0 bridgehead atoms. The molecule has 4 heteroatoms. The minimum atomic E-state index is 0.532. The molecule has 0 aliphatic rings. The van der Waals surface area contributed by atoms with E-state index in [1.807, 2.05) is 54.6 Å². The molecule has 0 fully saturated rings. The van der Waals surface area contributed by atoms with Crippen molar-refractivity contribution in [3.8, 4) is 22.1 Å². The Hall–Kier alpha value is -2.85. The van der Waals surface area contributed by atoms with Gasteiger partial charge in [0.2, 0.25) is 0 Å². The molecule has 124 valence electrons. The minimum absolute atomic E-state index is 0.532. The van der Waals surface area contributed by atoms with Crippen molar-refractivity contribution in [1.29, 1.82) is 0 Å². The van der Waals surface area contributed by atoms with Gasteiger partial charge in [-0.15, -0.1) is 11.3 Å². The molecular formula is C21H17NO2S. The van der Waals surface area contributed by atoms with E-state index in [2.05, 4.69) is 23.2 Å². The molecule has 0 N–H and O–H groups in total. The summed E-state index contributed by atoms with van der Waals surface area (Å²) < 4.78 is 12.2. The average Bonchev–Trinajstić information content (AvgIpc) is 3.11. The molecule has 0 aliphatic heterocycles. The fourth-order valence-corrected chi connectivity index (χ4v) is 3.55. The van der Waals surface area contributed by atoms with Gasteiger partial charge in [-0.2, -0.15) is 0 Å². The first-order valence-corrected chi connectivity index (χ1v) is 8.85. The van der Waals surface area contributed by atoms with Crippen LogP contribution in [0.1, 0.15) is 5.56 Å². The third-order valence-electron chi connectivity index (χ3n) is 3.96. The third-order valence-corrected chi connectivity index (χ3v) is 5.05. The lowest BCUT2D eigenvalue weighted by atomic mass is 10.2. The van der Waals surface area contributed by atoms with Gasteiger partial charge in [-0.25, -0.2) is 4.98 Å². The van der Waals surface area contributed by atoms with Crippen molar-refractivity contribution in [2.24, 2.45) is 0 Å². The fourth-order valence-electron chi connectivity index (χ4n) is 2.58. The highest BCUT2D eigenvalue weighted by molar-refractivity contribution is 7.21. The molecule has 0 amide bonds. The van der Waals surface area contributed by atoms with Crippen LogP contribution in [0.25, 0.3) is 20.8 Å².